The van der Waals surface area contributed by atoms with Gasteiger partial charge in [0.05, 0.1) is 38.6 Å². The molecule has 0 saturated heterocycles. The molecule has 0 spiro atoms. The molecule has 2 rings (SSSR count). The van der Waals surface area contributed by atoms with Gasteiger partial charge in [0.25, 0.3) is 0 Å². The number of hydrogen-bond acceptors (Lipinski definition) is 2. The van der Waals surface area contributed by atoms with Crippen LogP contribution in [0.5, 0.6) is 0 Å². The number of ether oxygens (including phenoxy) is 1. The van der Waals surface area contributed by atoms with Crippen LogP contribution in [0.3, 0.4) is 0 Å². The first-order chi connectivity index (χ1) is 9.27. The molecule has 1 unspecified atom stereocenters. The molecule has 0 fully saturated rings. The summed E-state index contributed by atoms with van der Waals surface area (Å²) in [5, 5.41) is 0.764. The first kappa shape index (κ1) is 15.9. The molecule has 110 valence electrons. The second-order valence-electron chi connectivity index (χ2n) is 5.42. The van der Waals surface area contributed by atoms with Crippen LogP contribution >= 0.6 is 34.8 Å². The highest BCUT2D eigenvalue weighted by Crippen LogP contribution is 2.34. The van der Waals surface area contributed by atoms with E-state index < -0.39 is 0 Å². The van der Waals surface area contributed by atoms with E-state index in [1.807, 2.05) is 13.0 Å². The van der Waals surface area contributed by atoms with Crippen LogP contribution in [0.2, 0.25) is 10.0 Å². The average molecular weight is 336 g/mol. The van der Waals surface area contributed by atoms with E-state index in [9.17, 15) is 0 Å². The fourth-order valence-corrected chi connectivity index (χ4v) is 2.87. The van der Waals surface area contributed by atoms with Gasteiger partial charge in [-0.25, -0.2) is 4.98 Å². The lowest BCUT2D eigenvalue weighted by atomic mass is 10.1. The van der Waals surface area contributed by atoms with Crippen molar-refractivity contribution < 1.29 is 4.74 Å². The van der Waals surface area contributed by atoms with Crippen molar-refractivity contribution >= 4 is 45.8 Å². The molecule has 0 N–H and O–H groups in total. The highest BCUT2D eigenvalue weighted by molar-refractivity contribution is 6.42. The lowest BCUT2D eigenvalue weighted by Gasteiger charge is -2.29. The molecule has 1 heterocycles. The molecule has 1 aromatic carbocycles. The highest BCUT2D eigenvalue weighted by Gasteiger charge is 2.28. The molecular formula is C14H17Cl3N2O. The number of benzene rings is 1. The van der Waals surface area contributed by atoms with Gasteiger partial charge in [-0.05, 0) is 32.9 Å². The van der Waals surface area contributed by atoms with E-state index in [0.717, 1.165) is 16.9 Å². The Kier molecular flexibility index (Phi) is 4.55. The van der Waals surface area contributed by atoms with Crippen LogP contribution in [-0.4, -0.2) is 23.3 Å². The summed E-state index contributed by atoms with van der Waals surface area (Å²) in [5.74, 6) is 0.780. The molecule has 0 aliphatic carbocycles. The first-order valence-corrected chi connectivity index (χ1v) is 7.48. The zero-order valence-electron chi connectivity index (χ0n) is 11.9. The minimum absolute atomic E-state index is 0.226. The number of fused-ring (bicyclic) bond motifs is 1. The van der Waals surface area contributed by atoms with Crippen molar-refractivity contribution in [2.75, 3.05) is 13.7 Å². The summed E-state index contributed by atoms with van der Waals surface area (Å²) in [7, 11) is 1.68. The lowest BCUT2D eigenvalue weighted by Crippen LogP contribution is -2.33. The largest absolute Gasteiger partial charge is 0.382 e. The minimum Gasteiger partial charge on any atom is -0.382 e. The fourth-order valence-electron chi connectivity index (χ4n) is 2.41. The van der Waals surface area contributed by atoms with Crippen molar-refractivity contribution in [3.8, 4) is 0 Å². The van der Waals surface area contributed by atoms with Crippen LogP contribution in [0, 0.1) is 0 Å². The number of halogens is 3. The highest BCUT2D eigenvalue weighted by atomic mass is 35.5. The van der Waals surface area contributed by atoms with Gasteiger partial charge in [-0.3, -0.25) is 0 Å². The van der Waals surface area contributed by atoms with Crippen molar-refractivity contribution in [1.82, 2.24) is 9.55 Å². The molecule has 0 aliphatic heterocycles. The third-order valence-corrected chi connectivity index (χ3v) is 4.10. The zero-order chi connectivity index (χ0) is 15.1. The van der Waals surface area contributed by atoms with E-state index >= 15 is 0 Å². The van der Waals surface area contributed by atoms with Crippen LogP contribution in [0.4, 0.5) is 0 Å². The van der Waals surface area contributed by atoms with Gasteiger partial charge in [-0.2, -0.15) is 0 Å². The van der Waals surface area contributed by atoms with E-state index in [1.165, 1.54) is 0 Å². The Bertz CT molecular complexity index is 635. The van der Waals surface area contributed by atoms with Gasteiger partial charge < -0.3 is 9.30 Å². The quantitative estimate of drug-likeness (QED) is 0.733. The minimum atomic E-state index is -0.293. The number of alkyl halides is 1. The SMILES string of the molecule is COCC(C)(C)n1c(C(C)Cl)nc2cc(Cl)c(Cl)cc21. The Hall–Kier alpha value is -0.480. The van der Waals surface area contributed by atoms with Gasteiger partial charge in [0.2, 0.25) is 0 Å². The molecule has 0 saturated carbocycles. The topological polar surface area (TPSA) is 27.1 Å². The number of aromatic nitrogens is 2. The van der Waals surface area contributed by atoms with Gasteiger partial charge in [0.15, 0.2) is 0 Å². The lowest BCUT2D eigenvalue weighted by molar-refractivity contribution is 0.110. The van der Waals surface area contributed by atoms with Gasteiger partial charge >= 0.3 is 0 Å². The van der Waals surface area contributed by atoms with Crippen LogP contribution in [-0.2, 0) is 10.3 Å². The molecule has 20 heavy (non-hydrogen) atoms. The molecule has 2 aromatic rings. The van der Waals surface area contributed by atoms with E-state index in [2.05, 4.69) is 23.4 Å². The molecule has 0 aliphatic rings. The Morgan fingerprint density at radius 2 is 1.90 bits per heavy atom. The summed E-state index contributed by atoms with van der Waals surface area (Å²) in [4.78, 5) is 4.60. The summed E-state index contributed by atoms with van der Waals surface area (Å²) < 4.78 is 7.39. The predicted molar refractivity (Wildman–Crippen MR) is 85.2 cm³/mol. The van der Waals surface area contributed by atoms with E-state index in [4.69, 9.17) is 39.5 Å². The molecule has 0 bridgehead atoms. The number of nitrogens with zero attached hydrogens (tertiary/aromatic N) is 2. The number of rotatable bonds is 4. The Balaban J connectivity index is 2.78. The molecule has 3 nitrogen and oxygen atoms in total. The smallest absolute Gasteiger partial charge is 0.128 e. The second kappa shape index (κ2) is 5.72. The summed E-state index contributed by atoms with van der Waals surface area (Å²) in [5.41, 5.74) is 1.40. The summed E-state index contributed by atoms with van der Waals surface area (Å²) >= 11 is 18.5. The second-order valence-corrected chi connectivity index (χ2v) is 6.89. The summed E-state index contributed by atoms with van der Waals surface area (Å²) in [6.07, 6.45) is 0. The maximum absolute atomic E-state index is 6.28. The Labute approximate surface area is 133 Å². The third kappa shape index (κ3) is 2.77. The van der Waals surface area contributed by atoms with Crippen molar-refractivity contribution in [2.45, 2.75) is 31.7 Å². The molecule has 0 amide bonds. The van der Waals surface area contributed by atoms with Gasteiger partial charge in [-0.1, -0.05) is 23.2 Å². The van der Waals surface area contributed by atoms with Crippen molar-refractivity contribution in [1.29, 1.82) is 0 Å². The number of methoxy groups -OCH3 is 1. The third-order valence-electron chi connectivity index (χ3n) is 3.18. The molecular weight excluding hydrogens is 319 g/mol. The van der Waals surface area contributed by atoms with Crippen molar-refractivity contribution in [3.63, 3.8) is 0 Å². The molecule has 1 atom stereocenters. The van der Waals surface area contributed by atoms with E-state index in [-0.39, 0.29) is 10.9 Å². The van der Waals surface area contributed by atoms with Crippen LogP contribution in [0.1, 0.15) is 32.0 Å². The Morgan fingerprint density at radius 3 is 2.45 bits per heavy atom. The number of imidazole rings is 1. The monoisotopic (exact) mass is 334 g/mol. The van der Waals surface area contributed by atoms with Crippen molar-refractivity contribution in [2.24, 2.45) is 0 Å². The summed E-state index contributed by atoms with van der Waals surface area (Å²) in [6.45, 7) is 6.58. The van der Waals surface area contributed by atoms with Gasteiger partial charge in [0.1, 0.15) is 5.82 Å². The van der Waals surface area contributed by atoms with E-state index in [0.29, 0.717) is 16.7 Å². The zero-order valence-corrected chi connectivity index (χ0v) is 14.1. The van der Waals surface area contributed by atoms with Gasteiger partial charge in [0, 0.05) is 7.11 Å². The fraction of sp³-hybridized carbons (Fsp3) is 0.500. The Morgan fingerprint density at radius 1 is 1.30 bits per heavy atom. The molecule has 0 radical (unpaired) electrons. The van der Waals surface area contributed by atoms with Crippen LogP contribution in [0.15, 0.2) is 12.1 Å². The maximum atomic E-state index is 6.28. The van der Waals surface area contributed by atoms with Crippen molar-refractivity contribution in [3.05, 3.63) is 28.0 Å². The number of hydrogen-bond donors (Lipinski definition) is 0. The van der Waals surface area contributed by atoms with Gasteiger partial charge in [-0.15, -0.1) is 11.6 Å². The molecule has 1 aromatic heterocycles. The van der Waals surface area contributed by atoms with Crippen LogP contribution in [0.25, 0.3) is 11.0 Å². The predicted octanol–water partition coefficient (Wildman–Crippen LogP) is 5.02. The normalized spacial score (nSPS) is 13.9. The molecule has 6 heteroatoms. The maximum Gasteiger partial charge on any atom is 0.128 e. The first-order valence-electron chi connectivity index (χ1n) is 6.29. The standard InChI is InChI=1S/C14H17Cl3N2O/c1-8(15)13-18-11-5-9(16)10(17)6-12(11)19(13)14(2,3)7-20-4/h5-6,8H,7H2,1-4H3. The average Bonchev–Trinajstić information content (AvgIpc) is 2.69. The van der Waals surface area contributed by atoms with E-state index in [1.54, 1.807) is 13.2 Å². The van der Waals surface area contributed by atoms with Crippen LogP contribution < -0.4 is 0 Å². The summed E-state index contributed by atoms with van der Waals surface area (Å²) in [6, 6.07) is 3.59.